The van der Waals surface area contributed by atoms with Crippen molar-refractivity contribution in [2.45, 2.75) is 118 Å². The highest BCUT2D eigenvalue weighted by Gasteiger charge is 2.31. The Bertz CT molecular complexity index is 1260. The van der Waals surface area contributed by atoms with E-state index in [1.807, 2.05) is 52.0 Å². The van der Waals surface area contributed by atoms with E-state index in [1.165, 1.54) is 27.8 Å². The van der Waals surface area contributed by atoms with Crippen LogP contribution in [0, 0.1) is 13.8 Å². The summed E-state index contributed by atoms with van der Waals surface area (Å²) in [5.74, 6) is -0.831. The molecule has 3 nitrogen and oxygen atoms in total. The van der Waals surface area contributed by atoms with Crippen LogP contribution in [0.25, 0.3) is 6.08 Å². The van der Waals surface area contributed by atoms with Gasteiger partial charge in [-0.05, 0) is 97.4 Å². The molecule has 3 heteroatoms. The molecule has 0 saturated heterocycles. The van der Waals surface area contributed by atoms with Gasteiger partial charge < -0.3 is 10.2 Å². The van der Waals surface area contributed by atoms with Crippen LogP contribution in [0.15, 0.2) is 78.4 Å². The molecule has 0 aromatic heterocycles. The smallest absolute Gasteiger partial charge is 0.307 e. The summed E-state index contributed by atoms with van der Waals surface area (Å²) in [5.41, 5.74) is 8.38. The Balaban J connectivity index is 0.00000431. The molecule has 0 aliphatic carbocycles. The Kier molecular flexibility index (Phi) is 15.5. The van der Waals surface area contributed by atoms with E-state index < -0.39 is 11.6 Å². The number of allylic oxidation sites excluding steroid dienone is 4. The number of hydrogen-bond donors (Lipinski definition) is 2. The van der Waals surface area contributed by atoms with E-state index in [9.17, 15) is 15.0 Å². The number of rotatable bonds is 15. The van der Waals surface area contributed by atoms with Gasteiger partial charge in [0.1, 0.15) is 0 Å². The van der Waals surface area contributed by atoms with E-state index in [0.717, 1.165) is 42.4 Å². The molecular weight excluding hydrogens is 516 g/mol. The summed E-state index contributed by atoms with van der Waals surface area (Å²) in [4.78, 5) is 11.2. The summed E-state index contributed by atoms with van der Waals surface area (Å²) < 4.78 is 0. The first-order chi connectivity index (χ1) is 20.0. The summed E-state index contributed by atoms with van der Waals surface area (Å²) in [5, 5.41) is 20.1. The maximum Gasteiger partial charge on any atom is 0.307 e. The molecule has 2 aromatic carbocycles. The van der Waals surface area contributed by atoms with Crippen LogP contribution < -0.4 is 0 Å². The van der Waals surface area contributed by atoms with Gasteiger partial charge in [0.25, 0.3) is 0 Å². The van der Waals surface area contributed by atoms with Gasteiger partial charge in [0.15, 0.2) is 0 Å². The molecule has 0 fully saturated rings. The van der Waals surface area contributed by atoms with Gasteiger partial charge in [-0.3, -0.25) is 4.79 Å². The predicted molar refractivity (Wildman–Crippen MR) is 182 cm³/mol. The second-order valence-corrected chi connectivity index (χ2v) is 11.1. The summed E-state index contributed by atoms with van der Waals surface area (Å²) >= 11 is 0. The number of benzene rings is 2. The van der Waals surface area contributed by atoms with Gasteiger partial charge in [0, 0.05) is 5.41 Å². The summed E-state index contributed by atoms with van der Waals surface area (Å²) in [6, 6.07) is 13.6. The van der Waals surface area contributed by atoms with E-state index in [-0.39, 0.29) is 11.8 Å². The number of carbonyl (C=O) groups is 1. The fraction of sp³-hybridized carbons (Fsp3) is 0.462. The Hall–Kier alpha value is -3.17. The lowest BCUT2D eigenvalue weighted by Gasteiger charge is -2.34. The number of aliphatic hydroxyl groups is 1. The molecule has 2 N–H and O–H groups in total. The van der Waals surface area contributed by atoms with Crippen LogP contribution in [-0.2, 0) is 16.6 Å². The predicted octanol–water partition coefficient (Wildman–Crippen LogP) is 10.5. The molecule has 230 valence electrons. The molecule has 0 heterocycles. The lowest BCUT2D eigenvalue weighted by Crippen LogP contribution is -2.26. The lowest BCUT2D eigenvalue weighted by molar-refractivity contribution is -0.136. The number of aryl methyl sites for hydroxylation is 2. The van der Waals surface area contributed by atoms with Gasteiger partial charge >= 0.3 is 5.97 Å². The minimum atomic E-state index is -0.831. The quantitative estimate of drug-likeness (QED) is 0.209. The third-order valence-electron chi connectivity index (χ3n) is 8.55. The lowest BCUT2D eigenvalue weighted by atomic mass is 9.69. The first-order valence-corrected chi connectivity index (χ1v) is 15.8. The monoisotopic (exact) mass is 572 g/mol. The van der Waals surface area contributed by atoms with E-state index in [4.69, 9.17) is 0 Å². The summed E-state index contributed by atoms with van der Waals surface area (Å²) in [6.45, 7) is 22.8. The number of carboxylic acid groups (broad SMARTS) is 1. The molecule has 2 rings (SSSR count). The van der Waals surface area contributed by atoms with Crippen LogP contribution in [0.1, 0.15) is 120 Å². The van der Waals surface area contributed by atoms with Crippen molar-refractivity contribution in [3.05, 3.63) is 112 Å². The van der Waals surface area contributed by atoms with Crippen molar-refractivity contribution in [1.29, 1.82) is 0 Å². The Morgan fingerprint density at radius 1 is 0.905 bits per heavy atom. The molecule has 1 atom stereocenters. The third-order valence-corrected chi connectivity index (χ3v) is 8.55. The largest absolute Gasteiger partial charge is 0.481 e. The fourth-order valence-electron chi connectivity index (χ4n) is 5.69. The highest BCUT2D eigenvalue weighted by Crippen LogP contribution is 2.40. The molecule has 0 spiro atoms. The zero-order valence-corrected chi connectivity index (χ0v) is 27.8. The third kappa shape index (κ3) is 9.70. The van der Waals surface area contributed by atoms with E-state index in [0.29, 0.717) is 12.8 Å². The van der Waals surface area contributed by atoms with Gasteiger partial charge in [0.05, 0.1) is 12.0 Å². The second-order valence-electron chi connectivity index (χ2n) is 11.1. The van der Waals surface area contributed by atoms with Crippen LogP contribution in [0.2, 0.25) is 0 Å². The average molecular weight is 573 g/mol. The Labute approximate surface area is 256 Å². The van der Waals surface area contributed by atoms with Crippen molar-refractivity contribution < 1.29 is 15.0 Å². The molecule has 0 bridgehead atoms. The van der Waals surface area contributed by atoms with Crippen LogP contribution >= 0.6 is 0 Å². The van der Waals surface area contributed by atoms with E-state index in [2.05, 4.69) is 83.7 Å². The van der Waals surface area contributed by atoms with Gasteiger partial charge in [-0.25, -0.2) is 0 Å². The standard InChI is InChI=1S/C37H50O3.C2H6/c1-9-20-36(40,12-4)21-19-31-15-17-33(22-27(31)7)37(13-5,14-6)34-18-16-32(28(8)23-34)25-29(10-2)24-30(11-3)26-35(38)39;1-2/h10-11,15-19,21-24,40H,2,9,12-14,20,25-26H2,1,3-8H3,(H,38,39);1-2H3/b21-19+,29-24+,30-11+;. The van der Waals surface area contributed by atoms with Crippen molar-refractivity contribution in [2.24, 2.45) is 0 Å². The zero-order chi connectivity index (χ0) is 31.9. The van der Waals surface area contributed by atoms with Crippen molar-refractivity contribution in [1.82, 2.24) is 0 Å². The fourth-order valence-corrected chi connectivity index (χ4v) is 5.69. The van der Waals surface area contributed by atoms with Crippen LogP contribution in [-0.4, -0.2) is 21.8 Å². The molecule has 0 aliphatic heterocycles. The van der Waals surface area contributed by atoms with Gasteiger partial charge in [0.2, 0.25) is 0 Å². The molecule has 0 amide bonds. The first kappa shape index (κ1) is 36.9. The number of aliphatic carboxylic acids is 1. The second kappa shape index (κ2) is 17.7. The van der Waals surface area contributed by atoms with Crippen molar-refractivity contribution in [2.75, 3.05) is 0 Å². The van der Waals surface area contributed by atoms with Crippen molar-refractivity contribution >= 4 is 12.0 Å². The minimum Gasteiger partial charge on any atom is -0.481 e. The molecule has 1 unspecified atom stereocenters. The highest BCUT2D eigenvalue weighted by molar-refractivity contribution is 5.71. The van der Waals surface area contributed by atoms with Crippen LogP contribution in [0.4, 0.5) is 0 Å². The molecule has 0 aliphatic rings. The maximum absolute atomic E-state index is 11.2. The molecular formula is C39H56O3. The first-order valence-electron chi connectivity index (χ1n) is 15.8. The van der Waals surface area contributed by atoms with Crippen molar-refractivity contribution in [3.63, 3.8) is 0 Å². The number of hydrogen-bond acceptors (Lipinski definition) is 2. The molecule has 42 heavy (non-hydrogen) atoms. The SMILES string of the molecule is C=C/C(=C\C(=C/C)CC(=O)O)Cc1ccc(C(CC)(CC)c2ccc(/C=C/C(O)(CC)CCC)c(C)c2)cc1C.CC. The minimum absolute atomic E-state index is 0.00743. The topological polar surface area (TPSA) is 57.5 Å². The van der Waals surface area contributed by atoms with Gasteiger partial charge in [-0.15, -0.1) is 0 Å². The van der Waals surface area contributed by atoms with Crippen molar-refractivity contribution in [3.8, 4) is 0 Å². The van der Waals surface area contributed by atoms with Gasteiger partial charge in [-0.1, -0.05) is 121 Å². The Morgan fingerprint density at radius 3 is 1.95 bits per heavy atom. The number of carboxylic acids is 1. The van der Waals surface area contributed by atoms with Crippen LogP contribution in [0.5, 0.6) is 0 Å². The van der Waals surface area contributed by atoms with E-state index in [1.54, 1.807) is 0 Å². The maximum atomic E-state index is 11.2. The average Bonchev–Trinajstić information content (AvgIpc) is 2.98. The molecule has 0 saturated carbocycles. The van der Waals surface area contributed by atoms with E-state index >= 15 is 0 Å². The summed E-state index contributed by atoms with van der Waals surface area (Å²) in [7, 11) is 0. The normalized spacial score (nSPS) is 13.9. The van der Waals surface area contributed by atoms with Gasteiger partial charge in [-0.2, -0.15) is 0 Å². The molecule has 0 radical (unpaired) electrons. The zero-order valence-electron chi connectivity index (χ0n) is 27.8. The summed E-state index contributed by atoms with van der Waals surface area (Å²) in [6.07, 6.45) is 14.8. The molecule has 2 aromatic rings. The Morgan fingerprint density at radius 2 is 1.50 bits per heavy atom. The van der Waals surface area contributed by atoms with Crippen LogP contribution in [0.3, 0.4) is 0 Å². The highest BCUT2D eigenvalue weighted by atomic mass is 16.4.